The molecule has 0 atom stereocenters. The van der Waals surface area contributed by atoms with Crippen molar-refractivity contribution in [1.29, 1.82) is 0 Å². The monoisotopic (exact) mass is 254 g/mol. The van der Waals surface area contributed by atoms with Crippen LogP contribution in [0, 0.1) is 0 Å². The highest BCUT2D eigenvalue weighted by molar-refractivity contribution is 9.10. The molecule has 1 aromatic rings. The van der Waals surface area contributed by atoms with Gasteiger partial charge in [-0.15, -0.1) is 0 Å². The van der Waals surface area contributed by atoms with Gasteiger partial charge in [0.25, 0.3) is 0 Å². The summed E-state index contributed by atoms with van der Waals surface area (Å²) in [6.45, 7) is 3.55. The first-order chi connectivity index (χ1) is 6.86. The van der Waals surface area contributed by atoms with Crippen molar-refractivity contribution >= 4 is 15.9 Å². The molecule has 1 aliphatic rings. The maximum Gasteiger partial charge on any atom is 0.0413 e. The number of nitrogens with zero attached hydrogens (tertiary/aromatic N) is 2. The smallest absolute Gasteiger partial charge is 0.0413 e. The Bertz CT molecular complexity index is 295. The van der Waals surface area contributed by atoms with E-state index in [0.29, 0.717) is 0 Å². The van der Waals surface area contributed by atoms with E-state index in [1.807, 2.05) is 12.4 Å². The van der Waals surface area contributed by atoms with Crippen LogP contribution in [0.5, 0.6) is 0 Å². The number of hydrogen-bond donors (Lipinski definition) is 0. The Morgan fingerprint density at radius 3 is 2.79 bits per heavy atom. The highest BCUT2D eigenvalue weighted by Gasteiger charge is 2.11. The fourth-order valence-corrected chi connectivity index (χ4v) is 2.27. The second-order valence-corrected chi connectivity index (χ2v) is 4.66. The maximum atomic E-state index is 4.07. The van der Waals surface area contributed by atoms with Crippen molar-refractivity contribution in [2.24, 2.45) is 0 Å². The fourth-order valence-electron chi connectivity index (χ4n) is 1.89. The molecule has 0 aliphatic carbocycles. The molecule has 14 heavy (non-hydrogen) atoms. The minimum atomic E-state index is 1.06. The summed E-state index contributed by atoms with van der Waals surface area (Å²) in [6, 6.07) is 2.10. The zero-order chi connectivity index (χ0) is 9.80. The molecule has 0 saturated carbocycles. The molecule has 3 heteroatoms. The molecular formula is C11H15BrN2. The van der Waals surface area contributed by atoms with Gasteiger partial charge in [0.2, 0.25) is 0 Å². The van der Waals surface area contributed by atoms with Crippen molar-refractivity contribution in [3.8, 4) is 0 Å². The average Bonchev–Trinajstić information content (AvgIpc) is 2.23. The van der Waals surface area contributed by atoms with Gasteiger partial charge in [-0.2, -0.15) is 0 Å². The minimum absolute atomic E-state index is 1.06. The lowest BCUT2D eigenvalue weighted by Crippen LogP contribution is -2.29. The molecule has 2 rings (SSSR count). The molecule has 2 nitrogen and oxygen atoms in total. The first kappa shape index (κ1) is 10.1. The largest absolute Gasteiger partial charge is 0.299 e. The molecule has 0 radical (unpaired) electrons. The maximum absolute atomic E-state index is 4.07. The summed E-state index contributed by atoms with van der Waals surface area (Å²) in [5.41, 5.74) is 1.35. The summed E-state index contributed by atoms with van der Waals surface area (Å²) in [4.78, 5) is 6.59. The third kappa shape index (κ3) is 2.55. The van der Waals surface area contributed by atoms with Crippen LogP contribution in [-0.4, -0.2) is 23.0 Å². The van der Waals surface area contributed by atoms with Crippen LogP contribution in [0.4, 0.5) is 0 Å². The third-order valence-corrected chi connectivity index (χ3v) is 3.41. The minimum Gasteiger partial charge on any atom is -0.299 e. The molecule has 1 fully saturated rings. The van der Waals surface area contributed by atoms with E-state index in [-0.39, 0.29) is 0 Å². The van der Waals surface area contributed by atoms with E-state index >= 15 is 0 Å². The molecule has 0 bridgehead atoms. The molecule has 1 aliphatic heterocycles. The number of piperidine rings is 1. The van der Waals surface area contributed by atoms with E-state index in [9.17, 15) is 0 Å². The standard InChI is InChI=1S/C11H15BrN2/c12-11-8-13-5-4-10(11)9-14-6-2-1-3-7-14/h4-5,8H,1-3,6-7,9H2. The summed E-state index contributed by atoms with van der Waals surface area (Å²) >= 11 is 3.53. The first-order valence-corrected chi connectivity index (χ1v) is 5.96. The highest BCUT2D eigenvalue weighted by atomic mass is 79.9. The lowest BCUT2D eigenvalue weighted by Gasteiger charge is -2.26. The van der Waals surface area contributed by atoms with E-state index in [4.69, 9.17) is 0 Å². The van der Waals surface area contributed by atoms with Gasteiger partial charge in [-0.05, 0) is 53.5 Å². The van der Waals surface area contributed by atoms with Crippen LogP contribution in [0.25, 0.3) is 0 Å². The lowest BCUT2D eigenvalue weighted by atomic mass is 10.1. The Kier molecular flexibility index (Phi) is 3.54. The highest BCUT2D eigenvalue weighted by Crippen LogP contribution is 2.18. The van der Waals surface area contributed by atoms with Crippen LogP contribution in [0.3, 0.4) is 0 Å². The number of rotatable bonds is 2. The Balaban J connectivity index is 1.99. The normalized spacial score (nSPS) is 18.4. The SMILES string of the molecule is Brc1cnccc1CN1CCCCC1. The summed E-state index contributed by atoms with van der Waals surface area (Å²) in [6.07, 6.45) is 7.84. The predicted octanol–water partition coefficient (Wildman–Crippen LogP) is 2.83. The fraction of sp³-hybridized carbons (Fsp3) is 0.545. The van der Waals surface area contributed by atoms with E-state index < -0.39 is 0 Å². The molecule has 2 heterocycles. The van der Waals surface area contributed by atoms with Crippen molar-refractivity contribution in [2.45, 2.75) is 25.8 Å². The van der Waals surface area contributed by atoms with Gasteiger partial charge >= 0.3 is 0 Å². The second-order valence-electron chi connectivity index (χ2n) is 3.80. The Morgan fingerprint density at radius 1 is 1.29 bits per heavy atom. The van der Waals surface area contributed by atoms with Gasteiger partial charge in [-0.3, -0.25) is 9.88 Å². The lowest BCUT2D eigenvalue weighted by molar-refractivity contribution is 0.220. The number of pyridine rings is 1. The van der Waals surface area contributed by atoms with E-state index in [1.165, 1.54) is 37.9 Å². The number of halogens is 1. The van der Waals surface area contributed by atoms with Gasteiger partial charge in [-0.1, -0.05) is 6.42 Å². The topological polar surface area (TPSA) is 16.1 Å². The Hall–Kier alpha value is -0.410. The number of hydrogen-bond acceptors (Lipinski definition) is 2. The summed E-state index contributed by atoms with van der Waals surface area (Å²) in [5.74, 6) is 0. The molecule has 0 aromatic carbocycles. The average molecular weight is 255 g/mol. The Labute approximate surface area is 93.5 Å². The number of likely N-dealkylation sites (tertiary alicyclic amines) is 1. The predicted molar refractivity (Wildman–Crippen MR) is 61.1 cm³/mol. The molecule has 0 amide bonds. The van der Waals surface area contributed by atoms with Crippen LogP contribution >= 0.6 is 15.9 Å². The zero-order valence-electron chi connectivity index (χ0n) is 8.25. The van der Waals surface area contributed by atoms with Crippen molar-refractivity contribution in [1.82, 2.24) is 9.88 Å². The molecular weight excluding hydrogens is 240 g/mol. The first-order valence-electron chi connectivity index (χ1n) is 5.17. The summed E-state index contributed by atoms with van der Waals surface area (Å²) < 4.78 is 1.13. The summed E-state index contributed by atoms with van der Waals surface area (Å²) in [7, 11) is 0. The van der Waals surface area contributed by atoms with E-state index in [2.05, 4.69) is 31.9 Å². The van der Waals surface area contributed by atoms with Gasteiger partial charge in [-0.25, -0.2) is 0 Å². The van der Waals surface area contributed by atoms with Crippen LogP contribution in [0.1, 0.15) is 24.8 Å². The van der Waals surface area contributed by atoms with Crippen molar-refractivity contribution in [3.05, 3.63) is 28.5 Å². The molecule has 76 valence electrons. The quantitative estimate of drug-likeness (QED) is 0.807. The van der Waals surface area contributed by atoms with E-state index in [0.717, 1.165) is 11.0 Å². The second kappa shape index (κ2) is 4.89. The molecule has 1 saturated heterocycles. The Morgan fingerprint density at radius 2 is 2.07 bits per heavy atom. The number of aromatic nitrogens is 1. The van der Waals surface area contributed by atoms with Crippen LogP contribution in [-0.2, 0) is 6.54 Å². The van der Waals surface area contributed by atoms with Crippen LogP contribution in [0.2, 0.25) is 0 Å². The van der Waals surface area contributed by atoms with Gasteiger partial charge < -0.3 is 0 Å². The third-order valence-electron chi connectivity index (χ3n) is 2.70. The summed E-state index contributed by atoms with van der Waals surface area (Å²) in [5, 5.41) is 0. The van der Waals surface area contributed by atoms with Crippen LogP contribution in [0.15, 0.2) is 22.9 Å². The van der Waals surface area contributed by atoms with Crippen LogP contribution < -0.4 is 0 Å². The van der Waals surface area contributed by atoms with Crippen molar-refractivity contribution in [3.63, 3.8) is 0 Å². The molecule has 0 N–H and O–H groups in total. The van der Waals surface area contributed by atoms with Gasteiger partial charge in [0.05, 0.1) is 0 Å². The molecule has 1 aromatic heterocycles. The van der Waals surface area contributed by atoms with Crippen molar-refractivity contribution in [2.75, 3.05) is 13.1 Å². The molecule has 0 spiro atoms. The van der Waals surface area contributed by atoms with E-state index in [1.54, 1.807) is 0 Å². The van der Waals surface area contributed by atoms with Gasteiger partial charge in [0.15, 0.2) is 0 Å². The zero-order valence-corrected chi connectivity index (χ0v) is 9.83. The van der Waals surface area contributed by atoms with Gasteiger partial charge in [0.1, 0.15) is 0 Å². The van der Waals surface area contributed by atoms with Gasteiger partial charge in [0, 0.05) is 23.4 Å². The molecule has 0 unspecified atom stereocenters. The van der Waals surface area contributed by atoms with Crippen molar-refractivity contribution < 1.29 is 0 Å².